The van der Waals surface area contributed by atoms with Crippen LogP contribution in [0.15, 0.2) is 73.8 Å². The van der Waals surface area contributed by atoms with Gasteiger partial charge in [0, 0.05) is 0 Å². The minimum absolute atomic E-state index is 0.0216. The fourth-order valence-corrected chi connectivity index (χ4v) is 4.00. The van der Waals surface area contributed by atoms with E-state index in [-0.39, 0.29) is 46.2 Å². The summed E-state index contributed by atoms with van der Waals surface area (Å²) < 4.78 is 12.0. The van der Waals surface area contributed by atoms with Crippen molar-refractivity contribution in [2.45, 2.75) is 30.4 Å². The molecular formula is C22H19N3O6S. The van der Waals surface area contributed by atoms with Crippen molar-refractivity contribution in [1.82, 2.24) is 14.9 Å². The van der Waals surface area contributed by atoms with Crippen LogP contribution in [0.5, 0.6) is 0 Å². The first kappa shape index (κ1) is 21.4. The lowest BCUT2D eigenvalue weighted by Gasteiger charge is -2.16. The van der Waals surface area contributed by atoms with Gasteiger partial charge >= 0.3 is 5.97 Å². The Morgan fingerprint density at radius 1 is 1.16 bits per heavy atom. The Bertz CT molecular complexity index is 1310. The zero-order valence-corrected chi connectivity index (χ0v) is 17.8. The fraction of sp³-hybridized carbons (Fsp3) is 0.182. The van der Waals surface area contributed by atoms with Crippen LogP contribution in [0.2, 0.25) is 0 Å². The van der Waals surface area contributed by atoms with Gasteiger partial charge in [-0.25, -0.2) is 9.78 Å². The molecule has 0 aliphatic carbocycles. The van der Waals surface area contributed by atoms with Gasteiger partial charge in [0.05, 0.1) is 47.3 Å². The summed E-state index contributed by atoms with van der Waals surface area (Å²) in [6.45, 7) is 2.06. The summed E-state index contributed by atoms with van der Waals surface area (Å²) in [5.74, 6) is -0.208. The molecule has 0 saturated carbocycles. The fourth-order valence-electron chi connectivity index (χ4n) is 3.06. The zero-order valence-electron chi connectivity index (χ0n) is 17.0. The number of carboxylic acids is 1. The van der Waals surface area contributed by atoms with Gasteiger partial charge in [0.25, 0.3) is 5.56 Å². The number of thioether (sulfide) groups is 1. The number of aromatic nitrogens is 2. The molecule has 10 heteroatoms. The number of carbonyl (C=O) groups is 2. The van der Waals surface area contributed by atoms with Gasteiger partial charge in [-0.2, -0.15) is 0 Å². The molecule has 1 amide bonds. The number of amides is 1. The number of furan rings is 2. The Hall–Kier alpha value is -3.79. The number of nitrogens with zero attached hydrogens (tertiary/aromatic N) is 2. The number of hydrogen-bond acceptors (Lipinski definition) is 7. The number of nitrogens with one attached hydrogen (secondary N) is 1. The van der Waals surface area contributed by atoms with Crippen LogP contribution >= 0.6 is 11.8 Å². The maximum absolute atomic E-state index is 13.2. The first-order valence-electron chi connectivity index (χ1n) is 9.69. The molecule has 0 spiro atoms. The lowest BCUT2D eigenvalue weighted by atomic mass is 10.1. The second-order valence-electron chi connectivity index (χ2n) is 6.96. The summed E-state index contributed by atoms with van der Waals surface area (Å²) >= 11 is 1.10. The average Bonchev–Trinajstić information content (AvgIpc) is 3.48. The molecule has 3 aromatic heterocycles. The van der Waals surface area contributed by atoms with Crippen molar-refractivity contribution in [3.05, 3.63) is 82.4 Å². The van der Waals surface area contributed by atoms with Gasteiger partial charge in [0.2, 0.25) is 5.91 Å². The van der Waals surface area contributed by atoms with Crippen LogP contribution in [-0.2, 0) is 17.9 Å². The topological polar surface area (TPSA) is 128 Å². The summed E-state index contributed by atoms with van der Waals surface area (Å²) in [7, 11) is 0. The smallest absolute Gasteiger partial charge is 0.335 e. The molecule has 32 heavy (non-hydrogen) atoms. The van der Waals surface area contributed by atoms with Crippen LogP contribution in [-0.4, -0.2) is 31.8 Å². The molecule has 9 nitrogen and oxygen atoms in total. The number of carbonyl (C=O) groups excluding carboxylic acids is 1. The van der Waals surface area contributed by atoms with E-state index in [0.717, 1.165) is 11.8 Å². The first-order chi connectivity index (χ1) is 15.4. The van der Waals surface area contributed by atoms with Crippen molar-refractivity contribution in [2.24, 2.45) is 0 Å². The van der Waals surface area contributed by atoms with Crippen LogP contribution in [0.4, 0.5) is 0 Å². The van der Waals surface area contributed by atoms with Crippen molar-refractivity contribution in [2.75, 3.05) is 0 Å². The molecule has 0 radical (unpaired) electrons. The summed E-state index contributed by atoms with van der Waals surface area (Å²) in [5, 5.41) is 12.0. The SMILES string of the molecule is CC(Sc1nc2cc(C(=O)O)ccc2c(=O)n1Cc1ccco1)C(=O)NCc1ccco1. The summed E-state index contributed by atoms with van der Waals surface area (Å²) in [5.41, 5.74) is -0.0845. The normalized spacial score (nSPS) is 12.0. The molecule has 0 aliphatic heterocycles. The number of benzene rings is 1. The summed E-state index contributed by atoms with van der Waals surface area (Å²) in [4.78, 5) is 41.6. The molecular weight excluding hydrogens is 434 g/mol. The predicted molar refractivity (Wildman–Crippen MR) is 117 cm³/mol. The standard InChI is InChI=1S/C22H19N3O6S/c1-13(19(26)23-11-15-4-2-8-30-15)32-22-24-18-10-14(21(28)29)6-7-17(18)20(27)25(22)12-16-5-3-9-31-16/h2-10,13H,11-12H2,1H3,(H,23,26)(H,28,29). The van der Waals surface area contributed by atoms with Gasteiger partial charge in [-0.1, -0.05) is 11.8 Å². The van der Waals surface area contributed by atoms with E-state index < -0.39 is 11.2 Å². The number of rotatable bonds is 8. The maximum Gasteiger partial charge on any atom is 0.335 e. The minimum Gasteiger partial charge on any atom is -0.478 e. The highest BCUT2D eigenvalue weighted by atomic mass is 32.2. The Morgan fingerprint density at radius 2 is 1.88 bits per heavy atom. The maximum atomic E-state index is 13.2. The van der Waals surface area contributed by atoms with Gasteiger partial charge < -0.3 is 19.3 Å². The van der Waals surface area contributed by atoms with Gasteiger partial charge in [-0.15, -0.1) is 0 Å². The molecule has 1 atom stereocenters. The molecule has 0 bridgehead atoms. The molecule has 1 aromatic carbocycles. The Kier molecular flexibility index (Phi) is 6.13. The van der Waals surface area contributed by atoms with Crippen molar-refractivity contribution in [3.8, 4) is 0 Å². The number of carboxylic acid groups (broad SMARTS) is 1. The second-order valence-corrected chi connectivity index (χ2v) is 8.27. The summed E-state index contributed by atoms with van der Waals surface area (Å²) in [6, 6.07) is 11.1. The molecule has 3 heterocycles. The third-order valence-electron chi connectivity index (χ3n) is 4.73. The number of fused-ring (bicyclic) bond motifs is 1. The van der Waals surface area contributed by atoms with E-state index in [1.54, 1.807) is 31.2 Å². The monoisotopic (exact) mass is 453 g/mol. The average molecular weight is 453 g/mol. The predicted octanol–water partition coefficient (Wildman–Crippen LogP) is 3.13. The van der Waals surface area contributed by atoms with Crippen LogP contribution in [0.3, 0.4) is 0 Å². The van der Waals surface area contributed by atoms with E-state index in [0.29, 0.717) is 11.5 Å². The van der Waals surface area contributed by atoms with E-state index >= 15 is 0 Å². The summed E-state index contributed by atoms with van der Waals surface area (Å²) in [6.07, 6.45) is 3.03. The molecule has 2 N–H and O–H groups in total. The number of aromatic carboxylic acids is 1. The minimum atomic E-state index is -1.12. The lowest BCUT2D eigenvalue weighted by Crippen LogP contribution is -2.31. The van der Waals surface area contributed by atoms with Gasteiger partial charge in [-0.05, 0) is 49.4 Å². The van der Waals surface area contributed by atoms with Gasteiger partial charge in [0.1, 0.15) is 11.5 Å². The molecule has 164 valence electrons. The lowest BCUT2D eigenvalue weighted by molar-refractivity contribution is -0.120. The van der Waals surface area contributed by atoms with Crippen molar-refractivity contribution in [3.63, 3.8) is 0 Å². The van der Waals surface area contributed by atoms with E-state index in [1.165, 1.54) is 35.3 Å². The van der Waals surface area contributed by atoms with Crippen LogP contribution < -0.4 is 10.9 Å². The quantitative estimate of drug-likeness (QED) is 0.308. The third kappa shape index (κ3) is 4.59. The highest BCUT2D eigenvalue weighted by Gasteiger charge is 2.21. The van der Waals surface area contributed by atoms with Gasteiger partial charge in [-0.3, -0.25) is 14.2 Å². The van der Waals surface area contributed by atoms with E-state index in [2.05, 4.69) is 10.3 Å². The van der Waals surface area contributed by atoms with Crippen LogP contribution in [0, 0.1) is 0 Å². The van der Waals surface area contributed by atoms with Crippen molar-refractivity contribution >= 4 is 34.5 Å². The highest BCUT2D eigenvalue weighted by Crippen LogP contribution is 2.24. The van der Waals surface area contributed by atoms with Crippen molar-refractivity contribution < 1.29 is 23.5 Å². The Balaban J connectivity index is 1.67. The molecule has 0 aliphatic rings. The molecule has 4 aromatic rings. The van der Waals surface area contributed by atoms with Crippen LogP contribution in [0.25, 0.3) is 10.9 Å². The van der Waals surface area contributed by atoms with Gasteiger partial charge in [0.15, 0.2) is 5.16 Å². The van der Waals surface area contributed by atoms with Crippen LogP contribution in [0.1, 0.15) is 28.8 Å². The van der Waals surface area contributed by atoms with E-state index in [4.69, 9.17) is 8.83 Å². The number of hydrogen-bond donors (Lipinski definition) is 2. The molecule has 0 fully saturated rings. The second kappa shape index (κ2) is 9.15. The van der Waals surface area contributed by atoms with E-state index in [1.807, 2.05) is 0 Å². The molecule has 4 rings (SSSR count). The largest absolute Gasteiger partial charge is 0.478 e. The molecule has 0 saturated heterocycles. The van der Waals surface area contributed by atoms with E-state index in [9.17, 15) is 19.5 Å². The Morgan fingerprint density at radius 3 is 2.53 bits per heavy atom. The molecule has 1 unspecified atom stereocenters. The first-order valence-corrected chi connectivity index (χ1v) is 10.6. The Labute approximate surface area is 186 Å². The third-order valence-corrected chi connectivity index (χ3v) is 5.82. The van der Waals surface area contributed by atoms with Crippen molar-refractivity contribution in [1.29, 1.82) is 0 Å². The highest BCUT2D eigenvalue weighted by molar-refractivity contribution is 8.00. The zero-order chi connectivity index (χ0) is 22.7.